The molecular weight excluding hydrogens is 494 g/mol. The lowest BCUT2D eigenvalue weighted by atomic mass is 9.85. The molecule has 2 aliphatic rings. The number of aryl methyl sites for hydroxylation is 1. The second-order valence-corrected chi connectivity index (χ2v) is 10.6. The van der Waals surface area contributed by atoms with Crippen molar-refractivity contribution in [1.29, 1.82) is 0 Å². The summed E-state index contributed by atoms with van der Waals surface area (Å²) in [6, 6.07) is 12.2. The number of benzene rings is 1. The number of aromatic nitrogens is 5. The van der Waals surface area contributed by atoms with Crippen LogP contribution in [0.4, 0.5) is 5.82 Å². The van der Waals surface area contributed by atoms with Crippen molar-refractivity contribution in [2.24, 2.45) is 5.92 Å². The summed E-state index contributed by atoms with van der Waals surface area (Å²) < 4.78 is 3.67. The second-order valence-electron chi connectivity index (χ2n) is 10.6. The molecular formula is C29H33N7O3. The quantitative estimate of drug-likeness (QED) is 0.289. The Labute approximate surface area is 225 Å². The van der Waals surface area contributed by atoms with Crippen LogP contribution in [-0.2, 0) is 24.4 Å². The third-order valence-corrected chi connectivity index (χ3v) is 7.61. The third-order valence-electron chi connectivity index (χ3n) is 7.61. The molecule has 1 amide bonds. The first-order chi connectivity index (χ1) is 19.0. The van der Waals surface area contributed by atoms with Crippen LogP contribution in [0, 0.1) is 5.92 Å². The number of rotatable bonds is 10. The van der Waals surface area contributed by atoms with Gasteiger partial charge in [-0.25, -0.2) is 14.8 Å². The Hall–Kier alpha value is -4.21. The number of amides is 1. The van der Waals surface area contributed by atoms with Crippen LogP contribution >= 0.6 is 0 Å². The van der Waals surface area contributed by atoms with Gasteiger partial charge in [0.25, 0.3) is 5.56 Å². The van der Waals surface area contributed by atoms with Gasteiger partial charge in [-0.05, 0) is 55.4 Å². The van der Waals surface area contributed by atoms with Gasteiger partial charge >= 0.3 is 5.69 Å². The monoisotopic (exact) mass is 527 g/mol. The zero-order valence-corrected chi connectivity index (χ0v) is 22.1. The molecule has 2 saturated carbocycles. The predicted octanol–water partition coefficient (Wildman–Crippen LogP) is 3.72. The van der Waals surface area contributed by atoms with E-state index < -0.39 is 11.2 Å². The lowest BCUT2D eigenvalue weighted by Gasteiger charge is -2.24. The van der Waals surface area contributed by atoms with E-state index in [9.17, 15) is 14.4 Å². The molecule has 2 aliphatic carbocycles. The molecule has 0 spiro atoms. The largest absolute Gasteiger partial charge is 0.366 e. The van der Waals surface area contributed by atoms with Gasteiger partial charge in [0.1, 0.15) is 11.6 Å². The van der Waals surface area contributed by atoms with E-state index >= 15 is 0 Å². The number of carbonyl (C=O) groups excluding carboxylic acids is 1. The molecule has 10 heteroatoms. The van der Waals surface area contributed by atoms with Crippen LogP contribution in [-0.4, -0.2) is 30.0 Å². The zero-order chi connectivity index (χ0) is 26.9. The summed E-state index contributed by atoms with van der Waals surface area (Å²) in [5, 5.41) is 6.41. The van der Waals surface area contributed by atoms with E-state index in [4.69, 9.17) is 0 Å². The van der Waals surface area contributed by atoms with Gasteiger partial charge in [-0.2, -0.15) is 0 Å². The molecule has 0 radical (unpaired) electrons. The van der Waals surface area contributed by atoms with Crippen LogP contribution in [0.1, 0.15) is 62.6 Å². The molecule has 0 saturated heterocycles. The summed E-state index contributed by atoms with van der Waals surface area (Å²) in [5.41, 5.74) is 2.98. The number of nitrogens with one attached hydrogen (secondary N) is 3. The number of H-pyrrole nitrogens is 1. The minimum Gasteiger partial charge on any atom is -0.366 e. The van der Waals surface area contributed by atoms with Crippen molar-refractivity contribution in [3.63, 3.8) is 0 Å². The molecule has 3 N–H and O–H groups in total. The van der Waals surface area contributed by atoms with Crippen LogP contribution < -0.4 is 21.9 Å². The highest BCUT2D eigenvalue weighted by Crippen LogP contribution is 2.40. The van der Waals surface area contributed by atoms with Gasteiger partial charge in [0.15, 0.2) is 11.2 Å². The van der Waals surface area contributed by atoms with E-state index in [-0.39, 0.29) is 23.4 Å². The fourth-order valence-corrected chi connectivity index (χ4v) is 5.14. The van der Waals surface area contributed by atoms with Gasteiger partial charge in [0.2, 0.25) is 5.91 Å². The van der Waals surface area contributed by atoms with Crippen LogP contribution in [0.3, 0.4) is 0 Å². The molecule has 39 heavy (non-hydrogen) atoms. The highest BCUT2D eigenvalue weighted by Gasteiger charge is 2.31. The Morgan fingerprint density at radius 2 is 1.87 bits per heavy atom. The minimum atomic E-state index is -0.459. The van der Waals surface area contributed by atoms with E-state index in [1.165, 1.54) is 0 Å². The van der Waals surface area contributed by atoms with Crippen LogP contribution in [0.2, 0.25) is 0 Å². The van der Waals surface area contributed by atoms with Crippen molar-refractivity contribution in [2.45, 2.75) is 71.1 Å². The number of hydrogen-bond acceptors (Lipinski definition) is 6. The average molecular weight is 528 g/mol. The summed E-state index contributed by atoms with van der Waals surface area (Å²) in [6.45, 7) is 3.64. The number of carbonyl (C=O) groups is 1. The highest BCUT2D eigenvalue weighted by molar-refractivity contribution is 5.79. The maximum atomic E-state index is 12.6. The Kier molecular flexibility index (Phi) is 6.76. The standard InChI is InChI=1S/C29H33N7O3/c1-2-13-35-28-24(27(38)34-29(35)39)33-25(36(28)22-10-11-22)21-9-12-23(31-17-21)30-15-18-5-3-6-19(14-18)16-32-26(37)20-7-4-8-20/h3,5-6,9,12,14,17,20,22H,2,4,7-8,10-11,13,15-16H2,1H3,(H,30,31)(H,32,37)(H,34,38,39). The van der Waals surface area contributed by atoms with E-state index in [2.05, 4.69) is 31.7 Å². The smallest absolute Gasteiger partial charge is 0.330 e. The first-order valence-corrected chi connectivity index (χ1v) is 13.8. The fourth-order valence-electron chi connectivity index (χ4n) is 5.14. The van der Waals surface area contributed by atoms with Crippen LogP contribution in [0.25, 0.3) is 22.6 Å². The molecule has 10 nitrogen and oxygen atoms in total. The maximum Gasteiger partial charge on any atom is 0.330 e. The van der Waals surface area contributed by atoms with Gasteiger partial charge < -0.3 is 15.2 Å². The minimum absolute atomic E-state index is 0.155. The number of nitrogens with zero attached hydrogens (tertiary/aromatic N) is 4. The molecule has 0 unspecified atom stereocenters. The van der Waals surface area contributed by atoms with Crippen LogP contribution in [0.5, 0.6) is 0 Å². The summed E-state index contributed by atoms with van der Waals surface area (Å²) in [4.78, 5) is 49.0. The third kappa shape index (κ3) is 5.10. The SMILES string of the molecule is CCCn1c(=O)[nH]c(=O)c2nc(-c3ccc(NCc4cccc(CNC(=O)C5CCC5)c4)nc3)n(C3CC3)c21. The van der Waals surface area contributed by atoms with E-state index in [0.717, 1.165) is 61.0 Å². The van der Waals surface area contributed by atoms with Crippen LogP contribution in [0.15, 0.2) is 52.2 Å². The molecule has 2 fully saturated rings. The van der Waals surface area contributed by atoms with Gasteiger partial charge in [-0.1, -0.05) is 37.6 Å². The van der Waals surface area contributed by atoms with Gasteiger partial charge in [-0.3, -0.25) is 19.1 Å². The summed E-state index contributed by atoms with van der Waals surface area (Å²) in [5.74, 6) is 1.72. The molecule has 0 bridgehead atoms. The lowest BCUT2D eigenvalue weighted by Crippen LogP contribution is -2.33. The molecule has 4 aromatic rings. The Balaban J connectivity index is 1.18. The first kappa shape index (κ1) is 25.1. The Morgan fingerprint density at radius 1 is 1.08 bits per heavy atom. The van der Waals surface area contributed by atoms with Crippen molar-refractivity contribution in [3.05, 3.63) is 74.6 Å². The normalized spacial score (nSPS) is 15.3. The van der Waals surface area contributed by atoms with Gasteiger partial charge in [0, 0.05) is 43.4 Å². The molecule has 202 valence electrons. The van der Waals surface area contributed by atoms with E-state index in [0.29, 0.717) is 31.1 Å². The summed E-state index contributed by atoms with van der Waals surface area (Å²) in [7, 11) is 0. The second kappa shape index (κ2) is 10.5. The predicted molar refractivity (Wildman–Crippen MR) is 149 cm³/mol. The molecule has 3 heterocycles. The lowest BCUT2D eigenvalue weighted by molar-refractivity contribution is -0.127. The summed E-state index contributed by atoms with van der Waals surface area (Å²) >= 11 is 0. The van der Waals surface area contributed by atoms with E-state index in [1.807, 2.05) is 41.8 Å². The number of hydrogen-bond donors (Lipinski definition) is 3. The maximum absolute atomic E-state index is 12.6. The molecule has 3 aromatic heterocycles. The number of fused-ring (bicyclic) bond motifs is 1. The Bertz CT molecular complexity index is 1630. The number of imidazole rings is 1. The molecule has 1 aromatic carbocycles. The summed E-state index contributed by atoms with van der Waals surface area (Å²) in [6.07, 6.45) is 7.65. The first-order valence-electron chi connectivity index (χ1n) is 13.8. The van der Waals surface area contributed by atoms with Crippen molar-refractivity contribution >= 4 is 22.9 Å². The van der Waals surface area contributed by atoms with E-state index in [1.54, 1.807) is 10.8 Å². The van der Waals surface area contributed by atoms with Gasteiger partial charge in [-0.15, -0.1) is 0 Å². The average Bonchev–Trinajstić information content (AvgIpc) is 3.67. The molecule has 0 aliphatic heterocycles. The number of anilines is 1. The van der Waals surface area contributed by atoms with Crippen molar-refractivity contribution in [2.75, 3.05) is 5.32 Å². The van der Waals surface area contributed by atoms with Crippen molar-refractivity contribution in [3.8, 4) is 11.4 Å². The number of aromatic amines is 1. The molecule has 0 atom stereocenters. The Morgan fingerprint density at radius 3 is 2.54 bits per heavy atom. The number of pyridine rings is 1. The fraction of sp³-hybridized carbons (Fsp3) is 0.414. The highest BCUT2D eigenvalue weighted by atomic mass is 16.2. The van der Waals surface area contributed by atoms with Crippen molar-refractivity contribution < 1.29 is 4.79 Å². The topological polar surface area (TPSA) is 127 Å². The molecule has 6 rings (SSSR count). The van der Waals surface area contributed by atoms with Gasteiger partial charge in [0.05, 0.1) is 0 Å². The zero-order valence-electron chi connectivity index (χ0n) is 22.1. The van der Waals surface area contributed by atoms with Crippen molar-refractivity contribution in [1.82, 2.24) is 29.4 Å².